The van der Waals surface area contributed by atoms with Crippen molar-refractivity contribution >= 4 is 11.8 Å². The van der Waals surface area contributed by atoms with Crippen molar-refractivity contribution in [2.75, 3.05) is 31.1 Å². The number of rotatable bonds is 21. The van der Waals surface area contributed by atoms with Crippen molar-refractivity contribution < 1.29 is 5.11 Å². The van der Waals surface area contributed by atoms with Gasteiger partial charge in [-0.2, -0.15) is 11.8 Å². The van der Waals surface area contributed by atoms with E-state index < -0.39 is 0 Å². The molecular formula is C26H53NOS. The number of aliphatic hydroxyl groups is 1. The second-order valence-electron chi connectivity index (χ2n) is 9.39. The molecule has 1 atom stereocenters. The van der Waals surface area contributed by atoms with Crippen LogP contribution in [0.3, 0.4) is 0 Å². The van der Waals surface area contributed by atoms with Gasteiger partial charge in [-0.15, -0.1) is 0 Å². The maximum atomic E-state index is 10.2. The third kappa shape index (κ3) is 18.7. The number of likely N-dealkylation sites (tertiary alicyclic amines) is 1. The van der Waals surface area contributed by atoms with E-state index in [1.807, 2.05) is 11.8 Å². The molecule has 1 aliphatic rings. The molecule has 0 aromatic rings. The summed E-state index contributed by atoms with van der Waals surface area (Å²) in [5.74, 6) is 2.16. The third-order valence-corrected chi connectivity index (χ3v) is 7.57. The first-order chi connectivity index (χ1) is 14.3. The van der Waals surface area contributed by atoms with Crippen molar-refractivity contribution in [2.24, 2.45) is 0 Å². The average Bonchev–Trinajstić information content (AvgIpc) is 2.73. The molecule has 1 unspecified atom stereocenters. The van der Waals surface area contributed by atoms with Gasteiger partial charge in [0.15, 0.2) is 0 Å². The molecule has 1 heterocycles. The lowest BCUT2D eigenvalue weighted by molar-refractivity contribution is 0.117. The summed E-state index contributed by atoms with van der Waals surface area (Å²) >= 11 is 1.96. The zero-order valence-corrected chi connectivity index (χ0v) is 20.7. The predicted molar refractivity (Wildman–Crippen MR) is 133 cm³/mol. The summed E-state index contributed by atoms with van der Waals surface area (Å²) in [5, 5.41) is 10.2. The Morgan fingerprint density at radius 3 is 1.59 bits per heavy atom. The van der Waals surface area contributed by atoms with E-state index in [1.54, 1.807) is 0 Å². The maximum absolute atomic E-state index is 10.2. The van der Waals surface area contributed by atoms with Gasteiger partial charge in [0.25, 0.3) is 0 Å². The van der Waals surface area contributed by atoms with Gasteiger partial charge < -0.3 is 10.0 Å². The van der Waals surface area contributed by atoms with Gasteiger partial charge in [0.1, 0.15) is 0 Å². The van der Waals surface area contributed by atoms with Gasteiger partial charge in [0, 0.05) is 12.3 Å². The SMILES string of the molecule is CCCCCCCCCCCCCCCCCCSCC(O)CN1CCCCC1. The number of aliphatic hydroxyl groups excluding tert-OH is 1. The first-order valence-corrected chi connectivity index (χ1v) is 14.5. The lowest BCUT2D eigenvalue weighted by Gasteiger charge is -2.28. The van der Waals surface area contributed by atoms with Crippen LogP contribution in [0.2, 0.25) is 0 Å². The molecule has 0 bridgehead atoms. The van der Waals surface area contributed by atoms with Gasteiger partial charge in [-0.1, -0.05) is 110 Å². The Labute approximate surface area is 188 Å². The van der Waals surface area contributed by atoms with Crippen molar-refractivity contribution in [2.45, 2.75) is 135 Å². The summed E-state index contributed by atoms with van der Waals surface area (Å²) in [5.41, 5.74) is 0. The highest BCUT2D eigenvalue weighted by Gasteiger charge is 2.14. The highest BCUT2D eigenvalue weighted by Crippen LogP contribution is 2.15. The minimum Gasteiger partial charge on any atom is -0.391 e. The quantitative estimate of drug-likeness (QED) is 0.189. The Balaban J connectivity index is 1.69. The van der Waals surface area contributed by atoms with Gasteiger partial charge in [0.2, 0.25) is 0 Å². The lowest BCUT2D eigenvalue weighted by Crippen LogP contribution is -2.37. The molecule has 0 radical (unpaired) electrons. The molecule has 2 nitrogen and oxygen atoms in total. The zero-order chi connectivity index (χ0) is 20.8. The molecule has 1 fully saturated rings. The summed E-state index contributed by atoms with van der Waals surface area (Å²) in [6, 6.07) is 0. The monoisotopic (exact) mass is 427 g/mol. The minimum atomic E-state index is -0.126. The number of unbranched alkanes of at least 4 members (excludes halogenated alkanes) is 15. The Bertz CT molecular complexity index is 320. The van der Waals surface area contributed by atoms with E-state index >= 15 is 0 Å². The standard InChI is InChI=1S/C26H53NOS/c1-2-3-4-5-6-7-8-9-10-11-12-13-14-15-16-20-23-29-25-26(28)24-27-21-18-17-19-22-27/h26,28H,2-25H2,1H3. The molecule has 1 rings (SSSR count). The largest absolute Gasteiger partial charge is 0.391 e. The van der Waals surface area contributed by atoms with Crippen molar-refractivity contribution in [1.82, 2.24) is 4.90 Å². The molecule has 0 aromatic heterocycles. The van der Waals surface area contributed by atoms with E-state index in [9.17, 15) is 5.11 Å². The molecule has 0 amide bonds. The van der Waals surface area contributed by atoms with Gasteiger partial charge in [-0.25, -0.2) is 0 Å². The smallest absolute Gasteiger partial charge is 0.0757 e. The normalized spacial score (nSPS) is 16.3. The number of hydrogen-bond acceptors (Lipinski definition) is 3. The average molecular weight is 428 g/mol. The third-order valence-electron chi connectivity index (χ3n) is 6.37. The second-order valence-corrected chi connectivity index (χ2v) is 10.5. The van der Waals surface area contributed by atoms with Gasteiger partial charge >= 0.3 is 0 Å². The highest BCUT2D eigenvalue weighted by atomic mass is 32.2. The van der Waals surface area contributed by atoms with E-state index in [0.717, 1.165) is 12.3 Å². The van der Waals surface area contributed by atoms with Crippen LogP contribution >= 0.6 is 11.8 Å². The first-order valence-electron chi connectivity index (χ1n) is 13.3. The zero-order valence-electron chi connectivity index (χ0n) is 19.9. The Morgan fingerprint density at radius 2 is 1.10 bits per heavy atom. The summed E-state index contributed by atoms with van der Waals surface area (Å²) < 4.78 is 0. The summed E-state index contributed by atoms with van der Waals surface area (Å²) in [4.78, 5) is 2.45. The molecule has 3 heteroatoms. The van der Waals surface area contributed by atoms with Crippen molar-refractivity contribution in [1.29, 1.82) is 0 Å². The molecule has 0 spiro atoms. The van der Waals surface area contributed by atoms with Gasteiger partial charge in [-0.05, 0) is 38.1 Å². The molecule has 0 saturated carbocycles. The van der Waals surface area contributed by atoms with E-state index in [-0.39, 0.29) is 6.10 Å². The van der Waals surface area contributed by atoms with Crippen LogP contribution in [-0.2, 0) is 0 Å². The summed E-state index contributed by atoms with van der Waals surface area (Å²) in [6.07, 6.45) is 26.8. The second kappa shape index (κ2) is 21.5. The van der Waals surface area contributed by atoms with Crippen LogP contribution in [-0.4, -0.2) is 47.3 Å². The maximum Gasteiger partial charge on any atom is 0.0757 e. The Kier molecular flexibility index (Phi) is 20.2. The number of thioether (sulfide) groups is 1. The fraction of sp³-hybridized carbons (Fsp3) is 1.00. The predicted octanol–water partition coefficient (Wildman–Crippen LogP) is 7.83. The van der Waals surface area contributed by atoms with Gasteiger partial charge in [-0.3, -0.25) is 0 Å². The molecule has 1 aliphatic heterocycles. The van der Waals surface area contributed by atoms with E-state index in [1.165, 1.54) is 141 Å². The molecule has 1 N–H and O–H groups in total. The van der Waals surface area contributed by atoms with Crippen molar-refractivity contribution in [3.63, 3.8) is 0 Å². The van der Waals surface area contributed by atoms with E-state index in [4.69, 9.17) is 0 Å². The fourth-order valence-electron chi connectivity index (χ4n) is 4.46. The molecule has 0 aliphatic carbocycles. The Morgan fingerprint density at radius 1 is 0.655 bits per heavy atom. The number of piperidine rings is 1. The fourth-order valence-corrected chi connectivity index (χ4v) is 5.42. The van der Waals surface area contributed by atoms with Crippen LogP contribution in [0.1, 0.15) is 129 Å². The first kappa shape index (κ1) is 27.3. The summed E-state index contributed by atoms with van der Waals surface area (Å²) in [7, 11) is 0. The minimum absolute atomic E-state index is 0.126. The van der Waals surface area contributed by atoms with E-state index in [0.29, 0.717) is 0 Å². The summed E-state index contributed by atoms with van der Waals surface area (Å²) in [6.45, 7) is 5.58. The van der Waals surface area contributed by atoms with Crippen LogP contribution in [0.15, 0.2) is 0 Å². The number of hydrogen-bond donors (Lipinski definition) is 1. The molecule has 29 heavy (non-hydrogen) atoms. The van der Waals surface area contributed by atoms with E-state index in [2.05, 4.69) is 11.8 Å². The Hall–Kier alpha value is 0.270. The topological polar surface area (TPSA) is 23.5 Å². The van der Waals surface area contributed by atoms with Crippen LogP contribution < -0.4 is 0 Å². The molecule has 1 saturated heterocycles. The van der Waals surface area contributed by atoms with Crippen molar-refractivity contribution in [3.05, 3.63) is 0 Å². The molecular weight excluding hydrogens is 374 g/mol. The van der Waals surface area contributed by atoms with Crippen LogP contribution in [0, 0.1) is 0 Å². The number of β-amino-alcohol motifs (C(OH)–C–C–N with tert-alkyl or cyclic N) is 1. The molecule has 0 aromatic carbocycles. The van der Waals surface area contributed by atoms with Crippen LogP contribution in [0.4, 0.5) is 0 Å². The van der Waals surface area contributed by atoms with Crippen LogP contribution in [0.25, 0.3) is 0 Å². The van der Waals surface area contributed by atoms with Crippen molar-refractivity contribution in [3.8, 4) is 0 Å². The number of nitrogens with zero attached hydrogens (tertiary/aromatic N) is 1. The highest BCUT2D eigenvalue weighted by molar-refractivity contribution is 7.99. The lowest BCUT2D eigenvalue weighted by atomic mass is 10.0. The van der Waals surface area contributed by atoms with Gasteiger partial charge in [0.05, 0.1) is 6.10 Å². The molecule has 174 valence electrons. The van der Waals surface area contributed by atoms with Crippen LogP contribution in [0.5, 0.6) is 0 Å².